The number of hydrogen-bond acceptors (Lipinski definition) is 5. The molecule has 0 amide bonds. The summed E-state index contributed by atoms with van der Waals surface area (Å²) in [7, 11) is 0. The maximum Gasteiger partial charge on any atom is 0.129 e. The summed E-state index contributed by atoms with van der Waals surface area (Å²) in [5.74, 6) is 0. The average Bonchev–Trinajstić information content (AvgIpc) is 2.68. The van der Waals surface area contributed by atoms with E-state index in [1.54, 1.807) is 17.6 Å². The van der Waals surface area contributed by atoms with Crippen molar-refractivity contribution >= 4 is 17.6 Å². The first kappa shape index (κ1) is 10.6. The Morgan fingerprint density at radius 1 is 1.67 bits per heavy atom. The van der Waals surface area contributed by atoms with E-state index in [4.69, 9.17) is 14.7 Å². The Morgan fingerprint density at radius 2 is 2.53 bits per heavy atom. The molecule has 2 heterocycles. The largest absolute Gasteiger partial charge is 0.395 e. The van der Waals surface area contributed by atoms with E-state index in [1.807, 2.05) is 17.5 Å². The Hall–Kier alpha value is -0.910. The van der Waals surface area contributed by atoms with Crippen LogP contribution in [0.25, 0.3) is 0 Å². The highest BCUT2D eigenvalue weighted by atomic mass is 32.1. The maximum absolute atomic E-state index is 9.11. The van der Waals surface area contributed by atoms with Gasteiger partial charge in [-0.05, 0) is 11.4 Å². The monoisotopic (exact) mass is 227 g/mol. The molecule has 15 heavy (non-hydrogen) atoms. The molecule has 0 saturated carbocycles. The zero-order valence-electron chi connectivity index (χ0n) is 8.26. The Balaban J connectivity index is 1.74. The minimum absolute atomic E-state index is 0.0848. The molecule has 0 bridgehead atoms. The highest BCUT2D eigenvalue weighted by molar-refractivity contribution is 7.11. The molecule has 0 spiro atoms. The van der Waals surface area contributed by atoms with Crippen LogP contribution < -0.4 is 0 Å². The molecule has 1 saturated heterocycles. The molecule has 1 aromatic heterocycles. The second-order valence-electron chi connectivity index (χ2n) is 3.67. The number of aliphatic hydroxyl groups is 1. The molecule has 0 unspecified atom stereocenters. The maximum atomic E-state index is 9.11. The second-order valence-corrected chi connectivity index (χ2v) is 4.65. The standard InChI is InChI=1S/C10H13NO3S/c12-5-10(6-13-7-10)8-14-11-4-9-2-1-3-15-9/h1-4,12H,5-8H2/b11-4+. The van der Waals surface area contributed by atoms with Gasteiger partial charge in [-0.2, -0.15) is 0 Å². The lowest BCUT2D eigenvalue weighted by Crippen LogP contribution is -2.48. The van der Waals surface area contributed by atoms with Gasteiger partial charge in [0.1, 0.15) is 6.61 Å². The highest BCUT2D eigenvalue weighted by Crippen LogP contribution is 2.26. The van der Waals surface area contributed by atoms with Crippen molar-refractivity contribution < 1.29 is 14.7 Å². The van der Waals surface area contributed by atoms with Gasteiger partial charge in [-0.25, -0.2) is 0 Å². The van der Waals surface area contributed by atoms with E-state index >= 15 is 0 Å². The topological polar surface area (TPSA) is 51.0 Å². The summed E-state index contributed by atoms with van der Waals surface area (Å²) in [5, 5.41) is 14.9. The van der Waals surface area contributed by atoms with E-state index in [0.717, 1.165) is 4.88 Å². The van der Waals surface area contributed by atoms with Crippen molar-refractivity contribution in [3.63, 3.8) is 0 Å². The lowest BCUT2D eigenvalue weighted by Gasteiger charge is -2.38. The van der Waals surface area contributed by atoms with E-state index < -0.39 is 0 Å². The third-order valence-corrected chi connectivity index (χ3v) is 3.13. The minimum Gasteiger partial charge on any atom is -0.395 e. The first-order valence-corrected chi connectivity index (χ1v) is 5.60. The van der Waals surface area contributed by atoms with Crippen LogP contribution >= 0.6 is 11.3 Å². The molecule has 1 fully saturated rings. The van der Waals surface area contributed by atoms with E-state index in [-0.39, 0.29) is 12.0 Å². The Kier molecular flexibility index (Phi) is 3.35. The summed E-state index contributed by atoms with van der Waals surface area (Å²) in [5.41, 5.74) is -0.229. The molecule has 2 rings (SSSR count). The summed E-state index contributed by atoms with van der Waals surface area (Å²) in [4.78, 5) is 6.19. The SMILES string of the molecule is OCC1(CO/N=C/c2cccs2)COC1. The smallest absolute Gasteiger partial charge is 0.129 e. The van der Waals surface area contributed by atoms with Crippen LogP contribution in [0.5, 0.6) is 0 Å². The third kappa shape index (κ3) is 2.56. The van der Waals surface area contributed by atoms with Gasteiger partial charge >= 0.3 is 0 Å². The van der Waals surface area contributed by atoms with Crippen molar-refractivity contribution in [2.75, 3.05) is 26.4 Å². The van der Waals surface area contributed by atoms with Gasteiger partial charge in [0.15, 0.2) is 0 Å². The molecule has 5 heteroatoms. The van der Waals surface area contributed by atoms with Crippen molar-refractivity contribution in [1.29, 1.82) is 0 Å². The van der Waals surface area contributed by atoms with Crippen molar-refractivity contribution in [3.05, 3.63) is 22.4 Å². The summed E-state index contributed by atoms with van der Waals surface area (Å²) in [6.45, 7) is 1.60. The second kappa shape index (κ2) is 4.74. The van der Waals surface area contributed by atoms with Crippen LogP contribution in [0.4, 0.5) is 0 Å². The summed E-state index contributed by atoms with van der Waals surface area (Å²) >= 11 is 1.60. The minimum atomic E-state index is -0.229. The number of rotatable bonds is 5. The Labute approximate surface area is 92.1 Å². The zero-order valence-corrected chi connectivity index (χ0v) is 9.07. The number of oxime groups is 1. The first-order valence-electron chi connectivity index (χ1n) is 4.72. The van der Waals surface area contributed by atoms with Crippen LogP contribution in [-0.4, -0.2) is 37.7 Å². The number of thiophene rings is 1. The van der Waals surface area contributed by atoms with Gasteiger partial charge < -0.3 is 14.7 Å². The lowest BCUT2D eigenvalue weighted by atomic mass is 9.88. The van der Waals surface area contributed by atoms with Crippen molar-refractivity contribution in [3.8, 4) is 0 Å². The number of nitrogens with zero attached hydrogens (tertiary/aromatic N) is 1. The fraction of sp³-hybridized carbons (Fsp3) is 0.500. The first-order chi connectivity index (χ1) is 7.35. The molecule has 0 aliphatic carbocycles. The quantitative estimate of drug-likeness (QED) is 0.605. The number of hydrogen-bond donors (Lipinski definition) is 1. The fourth-order valence-electron chi connectivity index (χ4n) is 1.24. The van der Waals surface area contributed by atoms with Gasteiger partial charge in [-0.15, -0.1) is 11.3 Å². The molecule has 0 radical (unpaired) electrons. The van der Waals surface area contributed by atoms with Crippen LogP contribution in [0.1, 0.15) is 4.88 Å². The summed E-state index contributed by atoms with van der Waals surface area (Å²) < 4.78 is 5.04. The molecule has 1 N–H and O–H groups in total. The molecule has 0 aromatic carbocycles. The van der Waals surface area contributed by atoms with Gasteiger partial charge in [-0.1, -0.05) is 11.2 Å². The molecule has 1 aromatic rings. The summed E-state index contributed by atoms with van der Waals surface area (Å²) in [6.07, 6.45) is 1.68. The van der Waals surface area contributed by atoms with E-state index in [2.05, 4.69) is 5.16 Å². The predicted octanol–water partition coefficient (Wildman–Crippen LogP) is 1.11. The molecular weight excluding hydrogens is 214 g/mol. The highest BCUT2D eigenvalue weighted by Gasteiger charge is 2.39. The van der Waals surface area contributed by atoms with Crippen LogP contribution in [0.15, 0.2) is 22.7 Å². The van der Waals surface area contributed by atoms with Gasteiger partial charge in [0.25, 0.3) is 0 Å². The van der Waals surface area contributed by atoms with Crippen LogP contribution in [0.2, 0.25) is 0 Å². The normalized spacial score (nSPS) is 19.0. The Morgan fingerprint density at radius 3 is 3.07 bits per heavy atom. The van der Waals surface area contributed by atoms with Gasteiger partial charge in [0.05, 0.1) is 31.5 Å². The molecule has 4 nitrogen and oxygen atoms in total. The molecule has 0 atom stereocenters. The lowest BCUT2D eigenvalue weighted by molar-refractivity contribution is -0.168. The number of aliphatic hydroxyl groups excluding tert-OH is 1. The predicted molar refractivity (Wildman–Crippen MR) is 58.2 cm³/mol. The molecule has 1 aliphatic heterocycles. The van der Waals surface area contributed by atoms with Gasteiger partial charge in [0.2, 0.25) is 0 Å². The summed E-state index contributed by atoms with van der Waals surface area (Å²) in [6, 6.07) is 3.92. The van der Waals surface area contributed by atoms with Crippen LogP contribution in [0, 0.1) is 5.41 Å². The van der Waals surface area contributed by atoms with E-state index in [1.165, 1.54) is 0 Å². The zero-order chi connectivity index (χ0) is 10.6. The molecule has 82 valence electrons. The molecular formula is C10H13NO3S. The molecule has 1 aliphatic rings. The Bertz CT molecular complexity index is 314. The van der Waals surface area contributed by atoms with Crippen molar-refractivity contribution in [1.82, 2.24) is 0 Å². The van der Waals surface area contributed by atoms with E-state index in [9.17, 15) is 0 Å². The number of ether oxygens (including phenoxy) is 1. The third-order valence-electron chi connectivity index (χ3n) is 2.32. The van der Waals surface area contributed by atoms with Crippen molar-refractivity contribution in [2.24, 2.45) is 10.6 Å². The fourth-order valence-corrected chi connectivity index (χ4v) is 1.81. The van der Waals surface area contributed by atoms with Gasteiger partial charge in [-0.3, -0.25) is 0 Å². The van der Waals surface area contributed by atoms with Gasteiger partial charge in [0, 0.05) is 4.88 Å². The van der Waals surface area contributed by atoms with Crippen molar-refractivity contribution in [2.45, 2.75) is 0 Å². The van der Waals surface area contributed by atoms with E-state index in [0.29, 0.717) is 19.8 Å². The van der Waals surface area contributed by atoms with Crippen LogP contribution in [0.3, 0.4) is 0 Å². The van der Waals surface area contributed by atoms with Crippen LogP contribution in [-0.2, 0) is 9.57 Å². The average molecular weight is 227 g/mol.